The van der Waals surface area contributed by atoms with Gasteiger partial charge in [0.25, 0.3) is 0 Å². The van der Waals surface area contributed by atoms with Crippen molar-refractivity contribution in [3.8, 4) is 0 Å². The fraction of sp³-hybridized carbons (Fsp3) is 1.00. The van der Waals surface area contributed by atoms with Gasteiger partial charge in [0.2, 0.25) is 0 Å². The third kappa shape index (κ3) is 3.23. The highest BCUT2D eigenvalue weighted by Crippen LogP contribution is 2.38. The van der Waals surface area contributed by atoms with Gasteiger partial charge >= 0.3 is 0 Å². The number of aliphatic hydroxyl groups is 2. The van der Waals surface area contributed by atoms with Crippen molar-refractivity contribution in [2.45, 2.75) is 38.7 Å². The van der Waals surface area contributed by atoms with Crippen LogP contribution in [0, 0.1) is 5.41 Å². The maximum Gasteiger partial charge on any atom is 0.0638 e. The van der Waals surface area contributed by atoms with Crippen LogP contribution in [0.5, 0.6) is 0 Å². The fourth-order valence-electron chi connectivity index (χ4n) is 2.58. The van der Waals surface area contributed by atoms with E-state index in [0.717, 1.165) is 19.4 Å². The Bertz CT molecular complexity index is 165. The molecule has 0 aromatic heterocycles. The van der Waals surface area contributed by atoms with Gasteiger partial charge in [-0.2, -0.15) is 0 Å². The summed E-state index contributed by atoms with van der Waals surface area (Å²) in [5.74, 6) is 0. The van der Waals surface area contributed by atoms with E-state index in [2.05, 4.69) is 4.90 Å². The third-order valence-electron chi connectivity index (χ3n) is 3.18. The molecule has 0 heterocycles. The first-order chi connectivity index (χ1) is 6.58. The number of aliphatic hydroxyl groups excluding tert-OH is 2. The van der Waals surface area contributed by atoms with Gasteiger partial charge in [0.15, 0.2) is 0 Å². The predicted octanol–water partition coefficient (Wildman–Crippen LogP) is 0.852. The first kappa shape index (κ1) is 12.0. The molecule has 0 amide bonds. The van der Waals surface area contributed by atoms with Crippen molar-refractivity contribution in [3.05, 3.63) is 0 Å². The van der Waals surface area contributed by atoms with Gasteiger partial charge in [0.05, 0.1) is 6.10 Å². The van der Waals surface area contributed by atoms with Crippen LogP contribution in [0.4, 0.5) is 0 Å². The van der Waals surface area contributed by atoms with Crippen molar-refractivity contribution in [1.82, 2.24) is 4.90 Å². The molecule has 3 heteroatoms. The molecule has 0 saturated heterocycles. The Kier molecular flexibility index (Phi) is 4.35. The maximum atomic E-state index is 9.41. The van der Waals surface area contributed by atoms with E-state index in [4.69, 9.17) is 0 Å². The molecule has 0 aliphatic heterocycles. The van der Waals surface area contributed by atoms with Crippen LogP contribution in [0.2, 0.25) is 0 Å². The molecule has 1 saturated carbocycles. The Morgan fingerprint density at radius 3 is 2.36 bits per heavy atom. The highest BCUT2D eigenvalue weighted by molar-refractivity contribution is 4.86. The fourth-order valence-corrected chi connectivity index (χ4v) is 2.58. The van der Waals surface area contributed by atoms with Crippen LogP contribution in [0.15, 0.2) is 0 Å². The zero-order valence-electron chi connectivity index (χ0n) is 9.37. The van der Waals surface area contributed by atoms with Crippen LogP contribution < -0.4 is 0 Å². The van der Waals surface area contributed by atoms with Crippen LogP contribution >= 0.6 is 0 Å². The van der Waals surface area contributed by atoms with Gasteiger partial charge in [-0.1, -0.05) is 12.8 Å². The third-order valence-corrected chi connectivity index (χ3v) is 3.18. The molecule has 1 unspecified atom stereocenters. The number of rotatable bonds is 5. The highest BCUT2D eigenvalue weighted by Gasteiger charge is 2.34. The lowest BCUT2D eigenvalue weighted by molar-refractivity contribution is 0.0660. The van der Waals surface area contributed by atoms with Crippen molar-refractivity contribution in [3.63, 3.8) is 0 Å². The molecule has 0 spiro atoms. The largest absolute Gasteiger partial charge is 0.396 e. The quantitative estimate of drug-likeness (QED) is 0.693. The molecule has 2 N–H and O–H groups in total. The number of likely N-dealkylation sites (N-methyl/N-ethyl adjacent to an activating group) is 1. The summed E-state index contributed by atoms with van der Waals surface area (Å²) in [6.07, 6.45) is 4.46. The Morgan fingerprint density at radius 1 is 1.36 bits per heavy atom. The van der Waals surface area contributed by atoms with Gasteiger partial charge in [-0.05, 0) is 26.8 Å². The Morgan fingerprint density at radius 2 is 1.93 bits per heavy atom. The summed E-state index contributed by atoms with van der Waals surface area (Å²) in [4.78, 5) is 2.13. The monoisotopic (exact) mass is 201 g/mol. The van der Waals surface area contributed by atoms with Crippen molar-refractivity contribution in [2.24, 2.45) is 5.41 Å². The lowest BCUT2D eigenvalue weighted by Gasteiger charge is -2.32. The lowest BCUT2D eigenvalue weighted by Crippen LogP contribution is -2.39. The average Bonchev–Trinajstić information content (AvgIpc) is 2.52. The van der Waals surface area contributed by atoms with Gasteiger partial charge in [0, 0.05) is 25.1 Å². The molecule has 84 valence electrons. The molecule has 1 aliphatic rings. The van der Waals surface area contributed by atoms with E-state index in [1.807, 2.05) is 7.05 Å². The second kappa shape index (κ2) is 5.10. The maximum absolute atomic E-state index is 9.41. The van der Waals surface area contributed by atoms with Crippen molar-refractivity contribution in [1.29, 1.82) is 0 Å². The molecule has 1 atom stereocenters. The minimum Gasteiger partial charge on any atom is -0.396 e. The van der Waals surface area contributed by atoms with Crippen molar-refractivity contribution >= 4 is 0 Å². The van der Waals surface area contributed by atoms with E-state index in [1.54, 1.807) is 6.92 Å². The van der Waals surface area contributed by atoms with Gasteiger partial charge in [-0.15, -0.1) is 0 Å². The number of hydrogen-bond acceptors (Lipinski definition) is 3. The molecule has 0 aromatic rings. The van der Waals surface area contributed by atoms with Crippen LogP contribution in [0.1, 0.15) is 32.6 Å². The average molecular weight is 201 g/mol. The van der Waals surface area contributed by atoms with E-state index < -0.39 is 0 Å². The summed E-state index contributed by atoms with van der Waals surface area (Å²) in [5, 5.41) is 18.7. The molecule has 3 nitrogen and oxygen atoms in total. The molecule has 0 aromatic carbocycles. The smallest absolute Gasteiger partial charge is 0.0638 e. The zero-order valence-corrected chi connectivity index (χ0v) is 9.37. The molecular formula is C11H23NO2. The van der Waals surface area contributed by atoms with Gasteiger partial charge in [0.1, 0.15) is 0 Å². The van der Waals surface area contributed by atoms with Gasteiger partial charge in [-0.3, -0.25) is 0 Å². The van der Waals surface area contributed by atoms with Crippen LogP contribution in [-0.2, 0) is 0 Å². The highest BCUT2D eigenvalue weighted by atomic mass is 16.3. The summed E-state index contributed by atoms with van der Waals surface area (Å²) in [5.41, 5.74) is 0.115. The molecule has 1 rings (SSSR count). The second-order valence-corrected chi connectivity index (χ2v) is 4.91. The molecule has 14 heavy (non-hydrogen) atoms. The first-order valence-electron chi connectivity index (χ1n) is 5.55. The minimum absolute atomic E-state index is 0.115. The van der Waals surface area contributed by atoms with E-state index in [9.17, 15) is 10.2 Å². The van der Waals surface area contributed by atoms with E-state index in [-0.39, 0.29) is 18.1 Å². The van der Waals surface area contributed by atoms with Gasteiger partial charge < -0.3 is 15.1 Å². The van der Waals surface area contributed by atoms with E-state index in [0.29, 0.717) is 6.54 Å². The summed E-state index contributed by atoms with van der Waals surface area (Å²) >= 11 is 0. The normalized spacial score (nSPS) is 22.9. The summed E-state index contributed by atoms with van der Waals surface area (Å²) in [6.45, 7) is 3.70. The SMILES string of the molecule is CC(O)CN(C)CC1(CO)CCCC1. The summed E-state index contributed by atoms with van der Waals surface area (Å²) < 4.78 is 0. The van der Waals surface area contributed by atoms with Crippen molar-refractivity contribution < 1.29 is 10.2 Å². The van der Waals surface area contributed by atoms with Crippen LogP contribution in [-0.4, -0.2) is 48.0 Å². The minimum atomic E-state index is -0.280. The molecule has 1 fully saturated rings. The van der Waals surface area contributed by atoms with Crippen LogP contribution in [0.25, 0.3) is 0 Å². The Labute approximate surface area is 86.7 Å². The number of hydrogen-bond donors (Lipinski definition) is 2. The topological polar surface area (TPSA) is 43.7 Å². The van der Waals surface area contributed by atoms with Gasteiger partial charge in [-0.25, -0.2) is 0 Å². The molecule has 0 radical (unpaired) electrons. The Balaban J connectivity index is 2.39. The molecule has 1 aliphatic carbocycles. The van der Waals surface area contributed by atoms with E-state index >= 15 is 0 Å². The standard InChI is InChI=1S/C11H23NO2/c1-10(14)7-12(2)8-11(9-13)5-3-4-6-11/h10,13-14H,3-9H2,1-2H3. The lowest BCUT2D eigenvalue weighted by atomic mass is 9.86. The second-order valence-electron chi connectivity index (χ2n) is 4.91. The van der Waals surface area contributed by atoms with E-state index in [1.165, 1.54) is 12.8 Å². The Hall–Kier alpha value is -0.120. The van der Waals surface area contributed by atoms with Crippen molar-refractivity contribution in [2.75, 3.05) is 26.7 Å². The number of nitrogens with zero attached hydrogens (tertiary/aromatic N) is 1. The zero-order chi connectivity index (χ0) is 10.6. The summed E-state index contributed by atoms with van der Waals surface area (Å²) in [7, 11) is 2.02. The molecule has 0 bridgehead atoms. The predicted molar refractivity (Wildman–Crippen MR) is 57.2 cm³/mol. The van der Waals surface area contributed by atoms with Crippen LogP contribution in [0.3, 0.4) is 0 Å². The molecular weight excluding hydrogens is 178 g/mol. The summed E-state index contributed by atoms with van der Waals surface area (Å²) in [6, 6.07) is 0. The first-order valence-corrected chi connectivity index (χ1v) is 5.55.